The Hall–Kier alpha value is -2.37. The van der Waals surface area contributed by atoms with Crippen LogP contribution in [0.3, 0.4) is 0 Å². The van der Waals surface area contributed by atoms with Gasteiger partial charge in [-0.3, -0.25) is 0 Å². The average molecular weight is 257 g/mol. The molecule has 0 atom stereocenters. The van der Waals surface area contributed by atoms with Crippen LogP contribution in [0.15, 0.2) is 16.9 Å². The van der Waals surface area contributed by atoms with E-state index in [0.29, 0.717) is 12.4 Å². The fourth-order valence-electron chi connectivity index (χ4n) is 2.23. The van der Waals surface area contributed by atoms with E-state index in [2.05, 4.69) is 15.1 Å². The summed E-state index contributed by atoms with van der Waals surface area (Å²) in [6.07, 6.45) is 1.76. The molecular formula is C13H15N5O. The van der Waals surface area contributed by atoms with Crippen molar-refractivity contribution in [3.63, 3.8) is 0 Å². The Bertz CT molecular complexity index is 756. The van der Waals surface area contributed by atoms with Crippen molar-refractivity contribution in [2.24, 2.45) is 0 Å². The Morgan fingerprint density at radius 1 is 1.32 bits per heavy atom. The van der Waals surface area contributed by atoms with Gasteiger partial charge in [-0.2, -0.15) is 0 Å². The lowest BCUT2D eigenvalue weighted by molar-refractivity contribution is 0.374. The fraction of sp³-hybridized carbons (Fsp3) is 0.308. The zero-order chi connectivity index (χ0) is 13.6. The molecule has 0 aliphatic heterocycles. The van der Waals surface area contributed by atoms with Crippen LogP contribution in [-0.4, -0.2) is 19.7 Å². The van der Waals surface area contributed by atoms with Gasteiger partial charge in [-0.25, -0.2) is 9.97 Å². The molecule has 3 aromatic rings. The molecule has 0 radical (unpaired) electrons. The normalized spacial score (nSPS) is 11.3. The van der Waals surface area contributed by atoms with Crippen molar-refractivity contribution in [3.05, 3.63) is 35.1 Å². The zero-order valence-corrected chi connectivity index (χ0v) is 11.1. The molecule has 19 heavy (non-hydrogen) atoms. The van der Waals surface area contributed by atoms with Crippen LogP contribution in [0, 0.1) is 20.8 Å². The molecule has 6 heteroatoms. The van der Waals surface area contributed by atoms with Crippen molar-refractivity contribution in [1.82, 2.24) is 19.7 Å². The number of nitrogens with two attached hydrogens (primary N) is 1. The molecule has 3 aromatic heterocycles. The second-order valence-electron chi connectivity index (χ2n) is 4.71. The first kappa shape index (κ1) is 11.7. The van der Waals surface area contributed by atoms with E-state index < -0.39 is 0 Å². The van der Waals surface area contributed by atoms with Gasteiger partial charge in [-0.15, -0.1) is 0 Å². The van der Waals surface area contributed by atoms with Gasteiger partial charge >= 0.3 is 0 Å². The number of hydrogen-bond donors (Lipinski definition) is 1. The topological polar surface area (TPSA) is 82.8 Å². The first-order valence-corrected chi connectivity index (χ1v) is 6.06. The minimum atomic E-state index is 0.464. The summed E-state index contributed by atoms with van der Waals surface area (Å²) in [6.45, 7) is 6.45. The van der Waals surface area contributed by atoms with E-state index in [4.69, 9.17) is 10.3 Å². The van der Waals surface area contributed by atoms with E-state index >= 15 is 0 Å². The monoisotopic (exact) mass is 257 g/mol. The SMILES string of the molecule is Cc1cc(Cn2cnc3c(N)nc(C)c(C)c32)on1. The lowest BCUT2D eigenvalue weighted by atomic mass is 10.2. The van der Waals surface area contributed by atoms with Gasteiger partial charge in [-0.1, -0.05) is 5.16 Å². The molecule has 3 rings (SSSR count). The van der Waals surface area contributed by atoms with Crippen LogP contribution in [0.4, 0.5) is 5.82 Å². The van der Waals surface area contributed by atoms with Crippen molar-refractivity contribution >= 4 is 16.9 Å². The predicted molar refractivity (Wildman–Crippen MR) is 71.8 cm³/mol. The standard InChI is InChI=1S/C13H15N5O/c1-7-4-10(19-17-7)5-18-6-15-11-12(18)8(2)9(3)16-13(11)14/h4,6H,5H2,1-3H3,(H2,14,16). The van der Waals surface area contributed by atoms with Gasteiger partial charge in [-0.05, 0) is 26.3 Å². The number of nitrogens with zero attached hydrogens (tertiary/aromatic N) is 4. The van der Waals surface area contributed by atoms with Gasteiger partial charge in [0.1, 0.15) is 5.52 Å². The third-order valence-electron chi connectivity index (χ3n) is 3.27. The van der Waals surface area contributed by atoms with Crippen LogP contribution in [-0.2, 0) is 6.54 Å². The second-order valence-corrected chi connectivity index (χ2v) is 4.71. The molecular weight excluding hydrogens is 242 g/mol. The number of aromatic nitrogens is 4. The summed E-state index contributed by atoms with van der Waals surface area (Å²) in [5, 5.41) is 3.89. The van der Waals surface area contributed by atoms with Crippen LogP contribution in [0.1, 0.15) is 22.7 Å². The molecule has 2 N–H and O–H groups in total. The molecule has 3 heterocycles. The third kappa shape index (κ3) is 1.85. The van der Waals surface area contributed by atoms with Gasteiger partial charge in [0.15, 0.2) is 11.6 Å². The van der Waals surface area contributed by atoms with Gasteiger partial charge in [0.05, 0.1) is 24.1 Å². The summed E-state index contributed by atoms with van der Waals surface area (Å²) in [6, 6.07) is 1.92. The van der Waals surface area contributed by atoms with Crippen LogP contribution in [0.2, 0.25) is 0 Å². The second kappa shape index (κ2) is 4.08. The Morgan fingerprint density at radius 3 is 2.79 bits per heavy atom. The van der Waals surface area contributed by atoms with Gasteiger partial charge in [0.25, 0.3) is 0 Å². The lowest BCUT2D eigenvalue weighted by Crippen LogP contribution is -2.02. The maximum Gasteiger partial charge on any atom is 0.156 e. The summed E-state index contributed by atoms with van der Waals surface area (Å²) in [7, 11) is 0. The molecule has 0 aliphatic rings. The zero-order valence-electron chi connectivity index (χ0n) is 11.1. The molecule has 0 amide bonds. The van der Waals surface area contributed by atoms with E-state index in [1.54, 1.807) is 6.33 Å². The highest BCUT2D eigenvalue weighted by molar-refractivity contribution is 5.88. The van der Waals surface area contributed by atoms with E-state index in [-0.39, 0.29) is 0 Å². The molecule has 0 unspecified atom stereocenters. The van der Waals surface area contributed by atoms with E-state index in [1.165, 1.54) is 0 Å². The van der Waals surface area contributed by atoms with Crippen LogP contribution in [0.5, 0.6) is 0 Å². The van der Waals surface area contributed by atoms with Crippen molar-refractivity contribution in [3.8, 4) is 0 Å². The molecule has 6 nitrogen and oxygen atoms in total. The number of fused-ring (bicyclic) bond motifs is 1. The lowest BCUT2D eigenvalue weighted by Gasteiger charge is -2.07. The summed E-state index contributed by atoms with van der Waals surface area (Å²) < 4.78 is 7.25. The van der Waals surface area contributed by atoms with Gasteiger partial charge in [0, 0.05) is 11.8 Å². The predicted octanol–water partition coefficient (Wildman–Crippen LogP) is 1.98. The largest absolute Gasteiger partial charge is 0.382 e. The summed E-state index contributed by atoms with van der Waals surface area (Å²) in [5.41, 5.74) is 10.5. The Balaban J connectivity index is 2.14. The molecule has 0 saturated carbocycles. The number of anilines is 1. The molecule has 0 aromatic carbocycles. The molecule has 0 aliphatic carbocycles. The fourth-order valence-corrected chi connectivity index (χ4v) is 2.23. The maximum absolute atomic E-state index is 5.91. The average Bonchev–Trinajstić information content (AvgIpc) is 2.94. The number of pyridine rings is 1. The Kier molecular flexibility index (Phi) is 2.51. The quantitative estimate of drug-likeness (QED) is 0.759. The van der Waals surface area contributed by atoms with Crippen LogP contribution in [0.25, 0.3) is 11.0 Å². The van der Waals surface area contributed by atoms with Gasteiger partial charge in [0.2, 0.25) is 0 Å². The number of rotatable bonds is 2. The Morgan fingerprint density at radius 2 is 2.11 bits per heavy atom. The van der Waals surface area contributed by atoms with Crippen LogP contribution >= 0.6 is 0 Å². The Labute approximate surface area is 110 Å². The first-order chi connectivity index (χ1) is 9.06. The van der Waals surface area contributed by atoms with Crippen molar-refractivity contribution < 1.29 is 4.52 Å². The summed E-state index contributed by atoms with van der Waals surface area (Å²) in [4.78, 5) is 8.63. The van der Waals surface area contributed by atoms with Crippen molar-refractivity contribution in [2.75, 3.05) is 5.73 Å². The first-order valence-electron chi connectivity index (χ1n) is 6.06. The van der Waals surface area contributed by atoms with Gasteiger partial charge < -0.3 is 14.8 Å². The van der Waals surface area contributed by atoms with E-state index in [9.17, 15) is 0 Å². The highest BCUT2D eigenvalue weighted by Crippen LogP contribution is 2.24. The number of hydrogen-bond acceptors (Lipinski definition) is 5. The highest BCUT2D eigenvalue weighted by atomic mass is 16.5. The number of nitrogen functional groups attached to an aromatic ring is 1. The van der Waals surface area contributed by atoms with E-state index in [0.717, 1.165) is 33.7 Å². The molecule has 98 valence electrons. The van der Waals surface area contributed by atoms with Crippen molar-refractivity contribution in [1.29, 1.82) is 0 Å². The minimum absolute atomic E-state index is 0.464. The smallest absolute Gasteiger partial charge is 0.156 e. The van der Waals surface area contributed by atoms with Crippen molar-refractivity contribution in [2.45, 2.75) is 27.3 Å². The molecule has 0 fully saturated rings. The molecule has 0 saturated heterocycles. The maximum atomic E-state index is 5.91. The van der Waals surface area contributed by atoms with E-state index in [1.807, 2.05) is 31.4 Å². The summed E-state index contributed by atoms with van der Waals surface area (Å²) in [5.74, 6) is 1.26. The highest BCUT2D eigenvalue weighted by Gasteiger charge is 2.13. The summed E-state index contributed by atoms with van der Waals surface area (Å²) >= 11 is 0. The molecule has 0 spiro atoms. The third-order valence-corrected chi connectivity index (χ3v) is 3.27. The number of aryl methyl sites for hydroxylation is 3. The van der Waals surface area contributed by atoms with Crippen LogP contribution < -0.4 is 5.73 Å². The minimum Gasteiger partial charge on any atom is -0.382 e. The number of imidazole rings is 1. The molecule has 0 bridgehead atoms.